The highest BCUT2D eigenvalue weighted by Crippen LogP contribution is 2.22. The zero-order chi connectivity index (χ0) is 21.0. The van der Waals surface area contributed by atoms with Gasteiger partial charge in [0.25, 0.3) is 5.56 Å². The van der Waals surface area contributed by atoms with E-state index in [1.165, 1.54) is 11.8 Å². The van der Waals surface area contributed by atoms with E-state index in [1.807, 2.05) is 44.2 Å². The van der Waals surface area contributed by atoms with Crippen LogP contribution in [0.5, 0.6) is 0 Å². The first-order valence-electron chi connectivity index (χ1n) is 9.85. The predicted octanol–water partition coefficient (Wildman–Crippen LogP) is 4.26. The maximum atomic E-state index is 13.3. The Morgan fingerprint density at radius 2 is 1.83 bits per heavy atom. The van der Waals surface area contributed by atoms with Crippen LogP contribution in [-0.4, -0.2) is 27.8 Å². The number of hydrogen-bond acceptors (Lipinski definition) is 4. The van der Waals surface area contributed by atoms with Crippen LogP contribution >= 0.6 is 11.8 Å². The Bertz CT molecular complexity index is 1070. The summed E-state index contributed by atoms with van der Waals surface area (Å²) < 4.78 is 1.62. The number of carbonyl (C=O) groups is 1. The van der Waals surface area contributed by atoms with Gasteiger partial charge in [0.1, 0.15) is 0 Å². The van der Waals surface area contributed by atoms with Crippen molar-refractivity contribution in [2.45, 2.75) is 39.3 Å². The van der Waals surface area contributed by atoms with Gasteiger partial charge in [-0.05, 0) is 61.6 Å². The quantitative estimate of drug-likeness (QED) is 0.468. The van der Waals surface area contributed by atoms with Crippen molar-refractivity contribution in [3.8, 4) is 5.69 Å². The third-order valence-electron chi connectivity index (χ3n) is 4.59. The van der Waals surface area contributed by atoms with Gasteiger partial charge in [-0.25, -0.2) is 4.98 Å². The van der Waals surface area contributed by atoms with Crippen LogP contribution in [0.3, 0.4) is 0 Å². The number of aromatic nitrogens is 2. The maximum absolute atomic E-state index is 13.3. The van der Waals surface area contributed by atoms with E-state index < -0.39 is 0 Å². The van der Waals surface area contributed by atoms with E-state index in [2.05, 4.69) is 25.2 Å². The smallest absolute Gasteiger partial charge is 0.266 e. The number of nitrogens with zero attached hydrogens (tertiary/aromatic N) is 2. The lowest BCUT2D eigenvalue weighted by atomic mass is 10.1. The number of aryl methyl sites for hydroxylation is 2. The summed E-state index contributed by atoms with van der Waals surface area (Å²) in [5.74, 6) is 0.707. The average molecular weight is 410 g/mol. The van der Waals surface area contributed by atoms with E-state index in [0.717, 1.165) is 23.2 Å². The molecule has 0 unspecified atom stereocenters. The highest BCUT2D eigenvalue weighted by Gasteiger charge is 2.15. The van der Waals surface area contributed by atoms with Gasteiger partial charge in [-0.15, -0.1) is 0 Å². The van der Waals surface area contributed by atoms with Gasteiger partial charge < -0.3 is 5.32 Å². The molecule has 0 saturated heterocycles. The van der Waals surface area contributed by atoms with Crippen molar-refractivity contribution in [1.29, 1.82) is 0 Å². The molecule has 0 aliphatic carbocycles. The van der Waals surface area contributed by atoms with E-state index in [0.29, 0.717) is 28.5 Å². The summed E-state index contributed by atoms with van der Waals surface area (Å²) in [6, 6.07) is 13.3. The molecule has 0 bridgehead atoms. The molecule has 0 radical (unpaired) electrons. The molecule has 3 aromatic rings. The van der Waals surface area contributed by atoms with Crippen molar-refractivity contribution in [1.82, 2.24) is 14.9 Å². The fraction of sp³-hybridized carbons (Fsp3) is 0.348. The van der Waals surface area contributed by atoms with Crippen molar-refractivity contribution >= 4 is 28.6 Å². The molecule has 1 amide bonds. The predicted molar refractivity (Wildman–Crippen MR) is 120 cm³/mol. The van der Waals surface area contributed by atoms with E-state index in [-0.39, 0.29) is 17.2 Å². The first-order chi connectivity index (χ1) is 13.8. The number of carbonyl (C=O) groups excluding carboxylic acids is 1. The van der Waals surface area contributed by atoms with Gasteiger partial charge >= 0.3 is 0 Å². The molecule has 1 N–H and O–H groups in total. The number of fused-ring (bicyclic) bond motifs is 1. The van der Waals surface area contributed by atoms with Crippen LogP contribution in [-0.2, 0) is 4.79 Å². The molecule has 3 rings (SSSR count). The molecular weight excluding hydrogens is 382 g/mol. The molecule has 0 saturated carbocycles. The minimum atomic E-state index is -0.122. The average Bonchev–Trinajstić information content (AvgIpc) is 2.65. The summed E-state index contributed by atoms with van der Waals surface area (Å²) in [6.07, 6.45) is 0.942. The standard InChI is InChI=1S/C23H27N3O2S/c1-15(2)9-10-24-21(27)14-29-23-25-20-8-6-5-7-19(20)22(28)26(23)18-12-16(3)11-17(4)13-18/h5-8,11-13,15H,9-10,14H2,1-4H3,(H,24,27). The van der Waals surface area contributed by atoms with Crippen molar-refractivity contribution in [3.05, 3.63) is 63.9 Å². The van der Waals surface area contributed by atoms with Crippen LogP contribution < -0.4 is 10.9 Å². The Hall–Kier alpha value is -2.60. The molecule has 0 spiro atoms. The SMILES string of the molecule is Cc1cc(C)cc(-n2c(SCC(=O)NCCC(C)C)nc3ccccc3c2=O)c1. The molecule has 5 nitrogen and oxygen atoms in total. The molecule has 29 heavy (non-hydrogen) atoms. The lowest BCUT2D eigenvalue weighted by Crippen LogP contribution is -2.28. The summed E-state index contributed by atoms with van der Waals surface area (Å²) >= 11 is 1.29. The maximum Gasteiger partial charge on any atom is 0.266 e. The monoisotopic (exact) mass is 409 g/mol. The molecule has 1 heterocycles. The molecule has 2 aromatic carbocycles. The third kappa shape index (κ3) is 5.26. The zero-order valence-corrected chi connectivity index (χ0v) is 18.2. The molecule has 0 atom stereocenters. The fourth-order valence-electron chi connectivity index (χ4n) is 3.20. The van der Waals surface area contributed by atoms with E-state index in [1.54, 1.807) is 10.6 Å². The Labute approximate surface area is 175 Å². The Morgan fingerprint density at radius 3 is 2.52 bits per heavy atom. The first-order valence-corrected chi connectivity index (χ1v) is 10.8. The Kier molecular flexibility index (Phi) is 6.75. The van der Waals surface area contributed by atoms with Crippen molar-refractivity contribution < 1.29 is 4.79 Å². The summed E-state index contributed by atoms with van der Waals surface area (Å²) in [6.45, 7) is 8.92. The van der Waals surface area contributed by atoms with Crippen LogP contribution in [0, 0.1) is 19.8 Å². The number of hydrogen-bond donors (Lipinski definition) is 1. The van der Waals surface area contributed by atoms with Crippen molar-refractivity contribution in [3.63, 3.8) is 0 Å². The molecule has 0 fully saturated rings. The highest BCUT2D eigenvalue weighted by atomic mass is 32.2. The highest BCUT2D eigenvalue weighted by molar-refractivity contribution is 7.99. The van der Waals surface area contributed by atoms with Crippen LogP contribution in [0.25, 0.3) is 16.6 Å². The molecule has 0 aliphatic rings. The van der Waals surface area contributed by atoms with E-state index in [4.69, 9.17) is 4.98 Å². The van der Waals surface area contributed by atoms with Gasteiger partial charge in [-0.2, -0.15) is 0 Å². The number of benzene rings is 2. The lowest BCUT2D eigenvalue weighted by Gasteiger charge is -2.14. The molecule has 152 valence electrons. The molecular formula is C23H27N3O2S. The molecule has 0 aliphatic heterocycles. The fourth-order valence-corrected chi connectivity index (χ4v) is 4.04. The van der Waals surface area contributed by atoms with Crippen molar-refractivity contribution in [2.75, 3.05) is 12.3 Å². The third-order valence-corrected chi connectivity index (χ3v) is 5.52. The zero-order valence-electron chi connectivity index (χ0n) is 17.4. The van der Waals surface area contributed by atoms with Crippen LogP contribution in [0.15, 0.2) is 52.4 Å². The summed E-state index contributed by atoms with van der Waals surface area (Å²) in [5.41, 5.74) is 3.43. The number of amides is 1. The number of nitrogens with one attached hydrogen (secondary N) is 1. The lowest BCUT2D eigenvalue weighted by molar-refractivity contribution is -0.118. The second-order valence-corrected chi connectivity index (χ2v) is 8.66. The largest absolute Gasteiger partial charge is 0.355 e. The molecule has 1 aromatic heterocycles. The van der Waals surface area contributed by atoms with Gasteiger partial charge in [0.05, 0.1) is 22.3 Å². The summed E-state index contributed by atoms with van der Waals surface area (Å²) in [5, 5.41) is 4.03. The second kappa shape index (κ2) is 9.27. The minimum Gasteiger partial charge on any atom is -0.355 e. The van der Waals surface area contributed by atoms with Crippen LogP contribution in [0.1, 0.15) is 31.4 Å². The Morgan fingerprint density at radius 1 is 1.14 bits per heavy atom. The minimum absolute atomic E-state index is 0.0509. The second-order valence-electron chi connectivity index (χ2n) is 7.72. The summed E-state index contributed by atoms with van der Waals surface area (Å²) in [4.78, 5) is 30.2. The van der Waals surface area contributed by atoms with Crippen LogP contribution in [0.2, 0.25) is 0 Å². The van der Waals surface area contributed by atoms with Gasteiger partial charge in [0.15, 0.2) is 5.16 Å². The number of rotatable bonds is 7. The van der Waals surface area contributed by atoms with E-state index >= 15 is 0 Å². The first kappa shape index (κ1) is 21.1. The normalized spacial score (nSPS) is 11.2. The summed E-state index contributed by atoms with van der Waals surface area (Å²) in [7, 11) is 0. The van der Waals surface area contributed by atoms with E-state index in [9.17, 15) is 9.59 Å². The molecule has 6 heteroatoms. The van der Waals surface area contributed by atoms with Gasteiger partial charge in [0, 0.05) is 6.54 Å². The van der Waals surface area contributed by atoms with Gasteiger partial charge in [-0.3, -0.25) is 14.2 Å². The topological polar surface area (TPSA) is 64.0 Å². The van der Waals surface area contributed by atoms with Gasteiger partial charge in [0.2, 0.25) is 5.91 Å². The Balaban J connectivity index is 1.97. The van der Waals surface area contributed by atoms with Gasteiger partial charge in [-0.1, -0.05) is 43.8 Å². The number of para-hydroxylation sites is 1. The number of thioether (sulfide) groups is 1. The van der Waals surface area contributed by atoms with Crippen LogP contribution in [0.4, 0.5) is 0 Å². The van der Waals surface area contributed by atoms with Crippen molar-refractivity contribution in [2.24, 2.45) is 5.92 Å².